The molecule has 0 fully saturated rings. The van der Waals surface area contributed by atoms with E-state index in [1.807, 2.05) is 44.2 Å². The number of rotatable bonds is 5. The molecule has 6 rings (SSSR count). The third-order valence-electron chi connectivity index (χ3n) is 7.13. The van der Waals surface area contributed by atoms with Crippen LogP contribution < -0.4 is 21.2 Å². The average Bonchev–Trinajstić information content (AvgIpc) is 3.33. The molecule has 1 aliphatic rings. The van der Waals surface area contributed by atoms with Gasteiger partial charge in [0.15, 0.2) is 0 Å². The van der Waals surface area contributed by atoms with Gasteiger partial charge in [0.25, 0.3) is 0 Å². The van der Waals surface area contributed by atoms with Gasteiger partial charge in [0.1, 0.15) is 0 Å². The quantitative estimate of drug-likeness (QED) is 0.146. The van der Waals surface area contributed by atoms with Gasteiger partial charge in [0.05, 0.1) is 0 Å². The molecule has 0 saturated carbocycles. The van der Waals surface area contributed by atoms with Crippen molar-refractivity contribution in [2.45, 2.75) is 20.0 Å². The first-order valence-corrected chi connectivity index (χ1v) is 15.0. The van der Waals surface area contributed by atoms with Gasteiger partial charge in [0, 0.05) is 0 Å². The zero-order chi connectivity index (χ0) is 26.6. The van der Waals surface area contributed by atoms with Crippen LogP contribution in [0.3, 0.4) is 0 Å². The van der Waals surface area contributed by atoms with Crippen LogP contribution in [-0.2, 0) is 4.52 Å². The minimum absolute atomic E-state index is 0.0555. The normalized spacial score (nSPS) is 17.6. The van der Waals surface area contributed by atoms with Crippen LogP contribution in [0, 0.1) is 10.1 Å². The molecule has 0 bridgehead atoms. The number of hydrogen-bond donors (Lipinski definition) is 0. The van der Waals surface area contributed by atoms with Gasteiger partial charge in [0.2, 0.25) is 0 Å². The molecule has 1 atom stereocenters. The van der Waals surface area contributed by atoms with Gasteiger partial charge < -0.3 is 0 Å². The molecule has 5 aromatic carbocycles. The van der Waals surface area contributed by atoms with Crippen molar-refractivity contribution in [1.29, 1.82) is 0 Å². The Bertz CT molecular complexity index is 1460. The van der Waals surface area contributed by atoms with E-state index in [4.69, 9.17) is 4.52 Å². The predicted molar refractivity (Wildman–Crippen MR) is 159 cm³/mol. The van der Waals surface area contributed by atoms with E-state index in [9.17, 15) is 10.1 Å². The van der Waals surface area contributed by atoms with E-state index in [2.05, 4.69) is 91.0 Å². The SMILES string of the molecule is CC.O=[N+]([O-])c1cccc(C2OP(c3ccccc3)(c3ccccc3)(c3ccccc3)c3ccccc32)c1. The zero-order valence-corrected chi connectivity index (χ0v) is 22.4. The molecule has 0 saturated heterocycles. The summed E-state index contributed by atoms with van der Waals surface area (Å²) in [7, 11) is 0. The van der Waals surface area contributed by atoms with Crippen molar-refractivity contribution in [3.63, 3.8) is 0 Å². The molecule has 38 heavy (non-hydrogen) atoms. The van der Waals surface area contributed by atoms with E-state index in [0.29, 0.717) is 0 Å². The average molecular weight is 520 g/mol. The molecule has 5 aromatic rings. The third kappa shape index (κ3) is 3.68. The summed E-state index contributed by atoms with van der Waals surface area (Å²) in [6.07, 6.45) is -0.473. The first-order valence-electron chi connectivity index (χ1n) is 12.9. The number of non-ortho nitro benzene ring substituents is 1. The van der Waals surface area contributed by atoms with Crippen molar-refractivity contribution in [1.82, 2.24) is 0 Å². The maximum absolute atomic E-state index is 11.6. The van der Waals surface area contributed by atoms with Crippen molar-refractivity contribution in [3.8, 4) is 0 Å². The van der Waals surface area contributed by atoms with Crippen molar-refractivity contribution >= 4 is 33.7 Å². The molecule has 190 valence electrons. The van der Waals surface area contributed by atoms with E-state index in [1.54, 1.807) is 12.1 Å². The van der Waals surface area contributed by atoms with E-state index in [-0.39, 0.29) is 10.6 Å². The number of benzene rings is 5. The molecule has 0 aliphatic carbocycles. The molecule has 5 heteroatoms. The minimum atomic E-state index is -3.72. The number of nitro groups is 1. The summed E-state index contributed by atoms with van der Waals surface area (Å²) in [6, 6.07) is 46.5. The molecule has 0 N–H and O–H groups in total. The first-order chi connectivity index (χ1) is 18.6. The van der Waals surface area contributed by atoms with Crippen LogP contribution in [0.5, 0.6) is 0 Å². The van der Waals surface area contributed by atoms with Crippen LogP contribution in [0.15, 0.2) is 140 Å². The van der Waals surface area contributed by atoms with E-state index in [1.165, 1.54) is 6.07 Å². The Morgan fingerprint density at radius 2 is 1.11 bits per heavy atom. The molecule has 1 aliphatic heterocycles. The van der Waals surface area contributed by atoms with E-state index in [0.717, 1.165) is 32.3 Å². The molecule has 1 heterocycles. The van der Waals surface area contributed by atoms with E-state index < -0.39 is 12.9 Å². The van der Waals surface area contributed by atoms with Gasteiger partial charge in [-0.15, -0.1) is 0 Å². The fourth-order valence-electron chi connectivity index (χ4n) is 5.65. The van der Waals surface area contributed by atoms with Crippen LogP contribution >= 0.6 is 6.83 Å². The van der Waals surface area contributed by atoms with Crippen molar-refractivity contribution in [3.05, 3.63) is 161 Å². The summed E-state index contributed by atoms with van der Waals surface area (Å²) in [4.78, 5) is 11.3. The second-order valence-electron chi connectivity index (χ2n) is 8.94. The Balaban J connectivity index is 0.00000144. The monoisotopic (exact) mass is 519 g/mol. The number of fused-ring (bicyclic) bond motifs is 1. The summed E-state index contributed by atoms with van der Waals surface area (Å²) in [5, 5.41) is 16.1. The van der Waals surface area contributed by atoms with Crippen LogP contribution in [0.1, 0.15) is 31.1 Å². The molecule has 1 unspecified atom stereocenters. The standard InChI is InChI=1S/C31H24NO3P.C2H6/c33-32(34)25-14-12-13-24(23-25)31-29-21-10-11-22-30(29)36(35-31,26-15-4-1-5-16-26,27-17-6-2-7-18-27)28-19-8-3-9-20-28;1-2/h1-23,31H;1-2H3. The molecule has 0 radical (unpaired) electrons. The molecule has 0 aromatic heterocycles. The maximum atomic E-state index is 11.6. The topological polar surface area (TPSA) is 52.4 Å². The number of hydrogen-bond acceptors (Lipinski definition) is 3. The summed E-state index contributed by atoms with van der Waals surface area (Å²) >= 11 is 0. The molecular weight excluding hydrogens is 489 g/mol. The van der Waals surface area contributed by atoms with Crippen LogP contribution in [0.4, 0.5) is 5.69 Å². The third-order valence-corrected chi connectivity index (χ3v) is 12.9. The van der Waals surface area contributed by atoms with Crippen LogP contribution in [0.2, 0.25) is 0 Å². The Kier molecular flexibility index (Phi) is 6.94. The molecule has 0 spiro atoms. The fourth-order valence-corrected chi connectivity index (χ4v) is 11.8. The van der Waals surface area contributed by atoms with Gasteiger partial charge in [-0.1, -0.05) is 13.8 Å². The molecule has 0 amide bonds. The number of nitrogens with zero attached hydrogens (tertiary/aromatic N) is 1. The zero-order valence-electron chi connectivity index (χ0n) is 21.5. The second kappa shape index (κ2) is 10.3. The fraction of sp³-hybridized carbons (Fsp3) is 0.0909. The molecule has 4 nitrogen and oxygen atoms in total. The van der Waals surface area contributed by atoms with Crippen molar-refractivity contribution < 1.29 is 9.45 Å². The summed E-state index contributed by atoms with van der Waals surface area (Å²) < 4.78 is 7.59. The Hall–Kier alpha value is -4.11. The van der Waals surface area contributed by atoms with Gasteiger partial charge in [-0.3, -0.25) is 0 Å². The second-order valence-corrected chi connectivity index (χ2v) is 13.3. The first kappa shape index (κ1) is 25.5. The van der Waals surface area contributed by atoms with Gasteiger partial charge in [-0.05, 0) is 0 Å². The number of nitro benzene ring substituents is 1. The van der Waals surface area contributed by atoms with Gasteiger partial charge in [-0.2, -0.15) is 0 Å². The van der Waals surface area contributed by atoms with Crippen LogP contribution in [0.25, 0.3) is 0 Å². The summed E-state index contributed by atoms with van der Waals surface area (Å²) in [5.74, 6) is 0. The Labute approximate surface area is 223 Å². The van der Waals surface area contributed by atoms with Crippen molar-refractivity contribution in [2.24, 2.45) is 0 Å². The summed E-state index contributed by atoms with van der Waals surface area (Å²) in [5.41, 5.74) is 1.86. The van der Waals surface area contributed by atoms with Crippen LogP contribution in [-0.4, -0.2) is 4.92 Å². The van der Waals surface area contributed by atoms with E-state index >= 15 is 0 Å². The molecular formula is C33H30NO3P. The van der Waals surface area contributed by atoms with Gasteiger partial charge in [-0.25, -0.2) is 0 Å². The summed E-state index contributed by atoms with van der Waals surface area (Å²) in [6.45, 7) is 0.277. The van der Waals surface area contributed by atoms with Crippen molar-refractivity contribution in [2.75, 3.05) is 0 Å². The Morgan fingerprint density at radius 3 is 1.61 bits per heavy atom. The Morgan fingerprint density at radius 1 is 0.632 bits per heavy atom. The predicted octanol–water partition coefficient (Wildman–Crippen LogP) is 6.81. The van der Waals surface area contributed by atoms with Gasteiger partial charge >= 0.3 is 210 Å².